The minimum absolute atomic E-state index is 0.154. The van der Waals surface area contributed by atoms with Crippen LogP contribution in [-0.4, -0.2) is 64.5 Å². The molecule has 0 rings (SSSR count). The number of rotatable bonds is 16. The predicted octanol–water partition coefficient (Wildman–Crippen LogP) is 2.07. The van der Waals surface area contributed by atoms with Crippen LogP contribution in [0.4, 0.5) is 0 Å². The Labute approximate surface area is 142 Å². The SMILES string of the molecule is CCO[Si](OCC)(OCC)OCO[Si](OCC)(OCC)OCC. The van der Waals surface area contributed by atoms with Gasteiger partial charge in [0.05, 0.1) is 0 Å². The molecule has 0 saturated heterocycles. The summed E-state index contributed by atoms with van der Waals surface area (Å²) >= 11 is 0. The smallest absolute Gasteiger partial charge is 0.351 e. The molecule has 0 bridgehead atoms. The van der Waals surface area contributed by atoms with Gasteiger partial charge in [-0.2, -0.15) is 0 Å². The standard InChI is InChI=1S/C13H32O8Si2/c1-7-14-22(15-8-2,16-9-3)20-13-21-23(17-10-4,18-11-5)19-12-6/h7-13H2,1-6H3. The molecular weight excluding hydrogens is 340 g/mol. The van der Waals surface area contributed by atoms with Crippen LogP contribution < -0.4 is 0 Å². The fourth-order valence-corrected chi connectivity index (χ4v) is 5.38. The maximum atomic E-state index is 5.69. The summed E-state index contributed by atoms with van der Waals surface area (Å²) in [7, 11) is -6.47. The molecule has 23 heavy (non-hydrogen) atoms. The van der Waals surface area contributed by atoms with Crippen LogP contribution in [-0.2, 0) is 35.4 Å². The van der Waals surface area contributed by atoms with E-state index >= 15 is 0 Å². The lowest BCUT2D eigenvalue weighted by molar-refractivity contribution is -0.102. The van der Waals surface area contributed by atoms with Crippen LogP contribution in [0, 0.1) is 0 Å². The van der Waals surface area contributed by atoms with Crippen LogP contribution in [0.1, 0.15) is 41.5 Å². The maximum absolute atomic E-state index is 5.69. The van der Waals surface area contributed by atoms with E-state index in [2.05, 4.69) is 0 Å². The zero-order valence-corrected chi connectivity index (χ0v) is 17.2. The fourth-order valence-electron chi connectivity index (χ4n) is 1.73. The van der Waals surface area contributed by atoms with Gasteiger partial charge in [-0.15, -0.1) is 0 Å². The zero-order chi connectivity index (χ0) is 17.6. The summed E-state index contributed by atoms with van der Waals surface area (Å²) in [4.78, 5) is 0. The molecule has 0 heterocycles. The van der Waals surface area contributed by atoms with E-state index in [4.69, 9.17) is 35.4 Å². The van der Waals surface area contributed by atoms with Crippen LogP contribution in [0.5, 0.6) is 0 Å². The van der Waals surface area contributed by atoms with Crippen LogP contribution in [0.2, 0.25) is 0 Å². The zero-order valence-electron chi connectivity index (χ0n) is 15.2. The van der Waals surface area contributed by atoms with Crippen LogP contribution in [0.3, 0.4) is 0 Å². The summed E-state index contributed by atoms with van der Waals surface area (Å²) in [5.41, 5.74) is 0. The molecule has 0 aliphatic heterocycles. The van der Waals surface area contributed by atoms with E-state index < -0.39 is 18.1 Å². The van der Waals surface area contributed by atoms with Crippen molar-refractivity contribution in [1.82, 2.24) is 0 Å². The van der Waals surface area contributed by atoms with Crippen molar-refractivity contribution >= 4 is 18.1 Å². The highest BCUT2D eigenvalue weighted by atomic mass is 28.4. The van der Waals surface area contributed by atoms with Crippen molar-refractivity contribution in [1.29, 1.82) is 0 Å². The van der Waals surface area contributed by atoms with E-state index in [-0.39, 0.29) is 6.79 Å². The summed E-state index contributed by atoms with van der Waals surface area (Å²) < 4.78 is 44.9. The molecule has 0 atom stereocenters. The van der Waals surface area contributed by atoms with Crippen LogP contribution in [0.15, 0.2) is 0 Å². The molecule has 8 nitrogen and oxygen atoms in total. The minimum Gasteiger partial charge on any atom is -0.351 e. The van der Waals surface area contributed by atoms with Crippen molar-refractivity contribution in [3.8, 4) is 0 Å². The van der Waals surface area contributed by atoms with Gasteiger partial charge >= 0.3 is 18.1 Å². The Hall–Kier alpha value is 0.114. The molecule has 0 aromatic carbocycles. The third-order valence-electron chi connectivity index (χ3n) is 2.40. The average molecular weight is 373 g/mol. The second kappa shape index (κ2) is 13.4. The lowest BCUT2D eigenvalue weighted by atomic mass is 10.9. The van der Waals surface area contributed by atoms with Crippen molar-refractivity contribution in [3.63, 3.8) is 0 Å². The van der Waals surface area contributed by atoms with Gasteiger partial charge < -0.3 is 35.4 Å². The Kier molecular flexibility index (Phi) is 13.5. The molecular formula is C13H32O8Si2. The second-order valence-corrected chi connectivity index (χ2v) is 8.31. The molecule has 0 radical (unpaired) electrons. The van der Waals surface area contributed by atoms with Gasteiger partial charge in [-0.1, -0.05) is 0 Å². The first-order valence-electron chi connectivity index (χ1n) is 8.19. The topological polar surface area (TPSA) is 73.8 Å². The van der Waals surface area contributed by atoms with E-state index in [0.29, 0.717) is 39.6 Å². The molecule has 10 heteroatoms. The summed E-state index contributed by atoms with van der Waals surface area (Å²) in [6, 6.07) is 0. The molecule has 0 aromatic heterocycles. The quantitative estimate of drug-likeness (QED) is 0.301. The molecule has 0 fully saturated rings. The van der Waals surface area contributed by atoms with Crippen molar-refractivity contribution in [2.45, 2.75) is 41.5 Å². The summed E-state index contributed by atoms with van der Waals surface area (Å²) in [6.07, 6.45) is 0. The van der Waals surface area contributed by atoms with Crippen molar-refractivity contribution in [2.24, 2.45) is 0 Å². The molecule has 0 N–H and O–H groups in total. The Morgan fingerprint density at radius 1 is 0.391 bits per heavy atom. The third-order valence-corrected chi connectivity index (χ3v) is 7.19. The van der Waals surface area contributed by atoms with Crippen LogP contribution >= 0.6 is 0 Å². The molecule has 140 valence electrons. The fraction of sp³-hybridized carbons (Fsp3) is 1.00. The van der Waals surface area contributed by atoms with E-state index in [1.54, 1.807) is 0 Å². The van der Waals surface area contributed by atoms with Crippen LogP contribution in [0.25, 0.3) is 0 Å². The lowest BCUT2D eigenvalue weighted by Crippen LogP contribution is -2.53. The van der Waals surface area contributed by atoms with Gasteiger partial charge in [-0.25, -0.2) is 0 Å². The molecule has 0 aromatic rings. The highest BCUT2D eigenvalue weighted by Gasteiger charge is 2.49. The first kappa shape index (κ1) is 23.1. The normalized spacial score (nSPS) is 12.8. The Bertz CT molecular complexity index is 223. The van der Waals surface area contributed by atoms with Crippen molar-refractivity contribution in [3.05, 3.63) is 0 Å². The summed E-state index contributed by atoms with van der Waals surface area (Å²) in [5.74, 6) is 0. The largest absolute Gasteiger partial charge is 0.681 e. The van der Waals surface area contributed by atoms with E-state index in [1.165, 1.54) is 0 Å². The Morgan fingerprint density at radius 2 is 0.609 bits per heavy atom. The van der Waals surface area contributed by atoms with Gasteiger partial charge in [0.25, 0.3) is 0 Å². The first-order chi connectivity index (χ1) is 11.1. The van der Waals surface area contributed by atoms with Gasteiger partial charge in [0.1, 0.15) is 6.79 Å². The Morgan fingerprint density at radius 3 is 0.783 bits per heavy atom. The van der Waals surface area contributed by atoms with Gasteiger partial charge in [-0.05, 0) is 41.5 Å². The molecule has 0 spiro atoms. The van der Waals surface area contributed by atoms with Gasteiger partial charge in [0.2, 0.25) is 0 Å². The lowest BCUT2D eigenvalue weighted by Gasteiger charge is -2.30. The number of hydrogen-bond acceptors (Lipinski definition) is 8. The average Bonchev–Trinajstić information content (AvgIpc) is 2.49. The highest BCUT2D eigenvalue weighted by Crippen LogP contribution is 2.16. The Balaban J connectivity index is 4.82. The molecule has 0 aliphatic carbocycles. The van der Waals surface area contributed by atoms with E-state index in [9.17, 15) is 0 Å². The molecule has 0 aliphatic rings. The van der Waals surface area contributed by atoms with E-state index in [1.807, 2.05) is 41.5 Å². The third kappa shape index (κ3) is 8.67. The summed E-state index contributed by atoms with van der Waals surface area (Å²) in [6.45, 7) is 13.4. The van der Waals surface area contributed by atoms with Gasteiger partial charge in [0, 0.05) is 39.6 Å². The monoisotopic (exact) mass is 372 g/mol. The number of hydrogen-bond donors (Lipinski definition) is 0. The second-order valence-electron chi connectivity index (χ2n) is 4.00. The van der Waals surface area contributed by atoms with Crippen molar-refractivity contribution in [2.75, 3.05) is 46.4 Å². The molecule has 0 saturated carbocycles. The first-order valence-corrected chi connectivity index (χ1v) is 11.5. The maximum Gasteiger partial charge on any atom is 0.681 e. The molecule has 0 amide bonds. The highest BCUT2D eigenvalue weighted by molar-refractivity contribution is 6.54. The predicted molar refractivity (Wildman–Crippen MR) is 88.3 cm³/mol. The molecule has 0 unspecified atom stereocenters. The van der Waals surface area contributed by atoms with Crippen molar-refractivity contribution < 1.29 is 35.4 Å². The van der Waals surface area contributed by atoms with Gasteiger partial charge in [-0.3, -0.25) is 0 Å². The summed E-state index contributed by atoms with van der Waals surface area (Å²) in [5, 5.41) is 0. The van der Waals surface area contributed by atoms with E-state index in [0.717, 1.165) is 0 Å². The minimum atomic E-state index is -3.23. The van der Waals surface area contributed by atoms with Gasteiger partial charge in [0.15, 0.2) is 0 Å².